The second-order valence-electron chi connectivity index (χ2n) is 4.19. The highest BCUT2D eigenvalue weighted by atomic mass is 16.5. The number of nitrogens with two attached hydrogens (primary N) is 1. The highest BCUT2D eigenvalue weighted by Gasteiger charge is 2.19. The molecular weight excluding hydrogens is 216 g/mol. The molecule has 0 bridgehead atoms. The van der Waals surface area contributed by atoms with Gasteiger partial charge in [0.1, 0.15) is 6.33 Å². The molecule has 1 unspecified atom stereocenters. The lowest BCUT2D eigenvalue weighted by atomic mass is 10.2. The SMILES string of the molecule is Nc1cccc(-c2ncn(C3CCOC3)n2)c1. The van der Waals surface area contributed by atoms with Crippen LogP contribution in [0, 0.1) is 0 Å². The quantitative estimate of drug-likeness (QED) is 0.794. The number of nitrogen functional groups attached to an aromatic ring is 1. The van der Waals surface area contributed by atoms with Gasteiger partial charge >= 0.3 is 0 Å². The standard InChI is InChI=1S/C12H14N4O/c13-10-3-1-2-9(6-10)12-14-8-16(15-12)11-4-5-17-7-11/h1-3,6,8,11H,4-5,7,13H2. The molecule has 2 aromatic rings. The Bertz CT molecular complexity index is 517. The molecule has 88 valence electrons. The Morgan fingerprint density at radius 3 is 3.12 bits per heavy atom. The van der Waals surface area contributed by atoms with Gasteiger partial charge in [-0.25, -0.2) is 9.67 Å². The molecule has 0 aliphatic carbocycles. The van der Waals surface area contributed by atoms with Gasteiger partial charge in [0, 0.05) is 17.9 Å². The minimum atomic E-state index is 0.317. The Morgan fingerprint density at radius 1 is 1.41 bits per heavy atom. The number of aromatic nitrogens is 3. The van der Waals surface area contributed by atoms with Gasteiger partial charge in [0.25, 0.3) is 0 Å². The van der Waals surface area contributed by atoms with E-state index in [1.165, 1.54) is 0 Å². The van der Waals surface area contributed by atoms with Crippen LogP contribution >= 0.6 is 0 Å². The third-order valence-electron chi connectivity index (χ3n) is 2.93. The maximum Gasteiger partial charge on any atom is 0.181 e. The van der Waals surface area contributed by atoms with Crippen LogP contribution in [0.5, 0.6) is 0 Å². The zero-order valence-electron chi connectivity index (χ0n) is 9.41. The van der Waals surface area contributed by atoms with Crippen LogP contribution < -0.4 is 5.73 Å². The fraction of sp³-hybridized carbons (Fsp3) is 0.333. The second kappa shape index (κ2) is 4.18. The largest absolute Gasteiger partial charge is 0.399 e. The molecule has 1 atom stereocenters. The minimum absolute atomic E-state index is 0.317. The van der Waals surface area contributed by atoms with E-state index in [4.69, 9.17) is 10.5 Å². The van der Waals surface area contributed by atoms with Crippen molar-refractivity contribution in [1.82, 2.24) is 14.8 Å². The number of benzene rings is 1. The summed E-state index contributed by atoms with van der Waals surface area (Å²) in [6.45, 7) is 1.53. The van der Waals surface area contributed by atoms with E-state index in [1.54, 1.807) is 6.33 Å². The number of rotatable bonds is 2. The Kier molecular flexibility index (Phi) is 2.53. The molecule has 5 heteroatoms. The molecule has 0 spiro atoms. The maximum absolute atomic E-state index is 5.74. The maximum atomic E-state index is 5.74. The summed E-state index contributed by atoms with van der Waals surface area (Å²) in [5.74, 6) is 0.712. The first kappa shape index (κ1) is 10.3. The molecule has 2 heterocycles. The van der Waals surface area contributed by atoms with Gasteiger partial charge in [-0.15, -0.1) is 0 Å². The van der Waals surface area contributed by atoms with Crippen molar-refractivity contribution in [2.75, 3.05) is 18.9 Å². The van der Waals surface area contributed by atoms with Gasteiger partial charge in [0.15, 0.2) is 5.82 Å². The lowest BCUT2D eigenvalue weighted by Gasteiger charge is -2.05. The van der Waals surface area contributed by atoms with E-state index >= 15 is 0 Å². The fourth-order valence-corrected chi connectivity index (χ4v) is 1.99. The molecule has 0 radical (unpaired) electrons. The van der Waals surface area contributed by atoms with Gasteiger partial charge in [-0.05, 0) is 18.6 Å². The lowest BCUT2D eigenvalue weighted by molar-refractivity contribution is 0.184. The molecule has 1 aliphatic heterocycles. The summed E-state index contributed by atoms with van der Waals surface area (Å²) >= 11 is 0. The fourth-order valence-electron chi connectivity index (χ4n) is 1.99. The van der Waals surface area contributed by atoms with E-state index in [0.29, 0.717) is 11.9 Å². The van der Waals surface area contributed by atoms with Crippen molar-refractivity contribution in [2.24, 2.45) is 0 Å². The van der Waals surface area contributed by atoms with Gasteiger partial charge in [-0.3, -0.25) is 0 Å². The van der Waals surface area contributed by atoms with E-state index in [9.17, 15) is 0 Å². The van der Waals surface area contributed by atoms with Crippen LogP contribution in [0.4, 0.5) is 5.69 Å². The summed E-state index contributed by atoms with van der Waals surface area (Å²) in [5.41, 5.74) is 7.41. The monoisotopic (exact) mass is 230 g/mol. The Hall–Kier alpha value is -1.88. The second-order valence-corrected chi connectivity index (χ2v) is 4.19. The number of nitrogens with zero attached hydrogens (tertiary/aromatic N) is 3. The zero-order chi connectivity index (χ0) is 11.7. The third kappa shape index (κ3) is 2.01. The molecule has 2 N–H and O–H groups in total. The number of hydrogen-bond donors (Lipinski definition) is 1. The van der Waals surface area contributed by atoms with Crippen molar-refractivity contribution in [2.45, 2.75) is 12.5 Å². The Labute approximate surface area is 99.2 Å². The van der Waals surface area contributed by atoms with Crippen LogP contribution in [0.15, 0.2) is 30.6 Å². The predicted molar refractivity (Wildman–Crippen MR) is 64.3 cm³/mol. The van der Waals surface area contributed by atoms with Crippen molar-refractivity contribution in [3.8, 4) is 11.4 Å². The first-order chi connectivity index (χ1) is 8.33. The molecule has 1 saturated heterocycles. The van der Waals surface area contributed by atoms with Crippen LogP contribution in [0.2, 0.25) is 0 Å². The molecule has 17 heavy (non-hydrogen) atoms. The summed E-state index contributed by atoms with van der Waals surface area (Å²) in [6.07, 6.45) is 2.76. The van der Waals surface area contributed by atoms with E-state index in [-0.39, 0.29) is 0 Å². The van der Waals surface area contributed by atoms with Gasteiger partial charge in [0.05, 0.1) is 12.6 Å². The van der Waals surface area contributed by atoms with Gasteiger partial charge in [-0.2, -0.15) is 5.10 Å². The topological polar surface area (TPSA) is 66.0 Å². The van der Waals surface area contributed by atoms with E-state index in [2.05, 4.69) is 10.1 Å². The summed E-state index contributed by atoms with van der Waals surface area (Å²) in [7, 11) is 0. The smallest absolute Gasteiger partial charge is 0.181 e. The number of ether oxygens (including phenoxy) is 1. The van der Waals surface area contributed by atoms with Crippen LogP contribution in [-0.4, -0.2) is 28.0 Å². The van der Waals surface area contributed by atoms with Crippen molar-refractivity contribution < 1.29 is 4.74 Å². The molecule has 3 rings (SSSR count). The first-order valence-electron chi connectivity index (χ1n) is 5.68. The minimum Gasteiger partial charge on any atom is -0.399 e. The summed E-state index contributed by atoms with van der Waals surface area (Å²) < 4.78 is 7.22. The molecule has 1 aromatic heterocycles. The van der Waals surface area contributed by atoms with E-state index in [1.807, 2.05) is 28.9 Å². The summed E-state index contributed by atoms with van der Waals surface area (Å²) in [4.78, 5) is 4.31. The van der Waals surface area contributed by atoms with Crippen molar-refractivity contribution in [1.29, 1.82) is 0 Å². The molecular formula is C12H14N4O. The lowest BCUT2D eigenvalue weighted by Crippen LogP contribution is -2.08. The van der Waals surface area contributed by atoms with E-state index < -0.39 is 0 Å². The van der Waals surface area contributed by atoms with Crippen LogP contribution in [0.1, 0.15) is 12.5 Å². The molecule has 1 fully saturated rings. The average molecular weight is 230 g/mol. The number of anilines is 1. The zero-order valence-corrected chi connectivity index (χ0v) is 9.41. The summed E-state index contributed by atoms with van der Waals surface area (Å²) in [5, 5.41) is 4.47. The van der Waals surface area contributed by atoms with Crippen molar-refractivity contribution >= 4 is 5.69 Å². The third-order valence-corrected chi connectivity index (χ3v) is 2.93. The molecule has 0 saturated carbocycles. The van der Waals surface area contributed by atoms with Crippen LogP contribution in [-0.2, 0) is 4.74 Å². The predicted octanol–water partition coefficient (Wildman–Crippen LogP) is 1.49. The Balaban J connectivity index is 1.89. The van der Waals surface area contributed by atoms with Gasteiger partial charge in [0.2, 0.25) is 0 Å². The number of hydrogen-bond acceptors (Lipinski definition) is 4. The average Bonchev–Trinajstić information content (AvgIpc) is 3.00. The van der Waals surface area contributed by atoms with Crippen molar-refractivity contribution in [3.63, 3.8) is 0 Å². The van der Waals surface area contributed by atoms with Crippen LogP contribution in [0.25, 0.3) is 11.4 Å². The highest BCUT2D eigenvalue weighted by Crippen LogP contribution is 2.21. The molecule has 1 aliphatic rings. The highest BCUT2D eigenvalue weighted by molar-refractivity contribution is 5.60. The summed E-state index contributed by atoms with van der Waals surface area (Å²) in [6, 6.07) is 7.92. The van der Waals surface area contributed by atoms with Gasteiger partial charge in [-0.1, -0.05) is 12.1 Å². The van der Waals surface area contributed by atoms with E-state index in [0.717, 1.165) is 30.9 Å². The van der Waals surface area contributed by atoms with Crippen LogP contribution in [0.3, 0.4) is 0 Å². The molecule has 0 amide bonds. The first-order valence-corrected chi connectivity index (χ1v) is 5.68. The molecule has 5 nitrogen and oxygen atoms in total. The van der Waals surface area contributed by atoms with Crippen molar-refractivity contribution in [3.05, 3.63) is 30.6 Å². The normalized spacial score (nSPS) is 19.6. The molecule has 1 aromatic carbocycles. The Morgan fingerprint density at radius 2 is 2.35 bits per heavy atom. The van der Waals surface area contributed by atoms with Gasteiger partial charge < -0.3 is 10.5 Å².